The summed E-state index contributed by atoms with van der Waals surface area (Å²) in [5.41, 5.74) is 2.53. The van der Waals surface area contributed by atoms with E-state index in [0.717, 1.165) is 37.6 Å². The maximum Gasteiger partial charge on any atom is 0.497 e. The van der Waals surface area contributed by atoms with E-state index in [1.807, 2.05) is 6.07 Å². The van der Waals surface area contributed by atoms with Gasteiger partial charge in [0.1, 0.15) is 5.52 Å². The first-order valence-electron chi connectivity index (χ1n) is 11.9. The molecule has 0 unspecified atom stereocenters. The largest absolute Gasteiger partial charge is 0.497 e. The van der Waals surface area contributed by atoms with Crippen molar-refractivity contribution in [1.82, 2.24) is 4.98 Å². The summed E-state index contributed by atoms with van der Waals surface area (Å²) in [6.07, 6.45) is 0. The normalized spacial score (nSPS) is 17.3. The van der Waals surface area contributed by atoms with E-state index in [4.69, 9.17) is 18.7 Å². The molecule has 1 aliphatic heterocycles. The van der Waals surface area contributed by atoms with Crippen LogP contribution in [0.1, 0.15) is 27.7 Å². The molecule has 7 rings (SSSR count). The van der Waals surface area contributed by atoms with Gasteiger partial charge >= 0.3 is 7.12 Å². The molecule has 3 heterocycles. The summed E-state index contributed by atoms with van der Waals surface area (Å²) in [6.45, 7) is 8.33. The van der Waals surface area contributed by atoms with Gasteiger partial charge in [-0.15, -0.1) is 11.3 Å². The predicted molar refractivity (Wildman–Crippen MR) is 146 cm³/mol. The molecule has 6 aromatic rings. The van der Waals surface area contributed by atoms with Crippen LogP contribution in [-0.2, 0) is 9.31 Å². The third kappa shape index (κ3) is 3.10. The number of hydrogen-bond donors (Lipinski definition) is 0. The van der Waals surface area contributed by atoms with Crippen LogP contribution in [0.15, 0.2) is 77.2 Å². The molecule has 1 aliphatic rings. The summed E-state index contributed by atoms with van der Waals surface area (Å²) >= 11 is 1.76. The Hall–Kier alpha value is -3.19. The van der Waals surface area contributed by atoms with Crippen LogP contribution in [0.2, 0.25) is 0 Å². The van der Waals surface area contributed by atoms with E-state index in [-0.39, 0.29) is 0 Å². The Labute approximate surface area is 207 Å². The van der Waals surface area contributed by atoms with Crippen LogP contribution in [0.5, 0.6) is 0 Å². The summed E-state index contributed by atoms with van der Waals surface area (Å²) in [6, 6.07) is 25.2. The fourth-order valence-corrected chi connectivity index (χ4v) is 6.09. The van der Waals surface area contributed by atoms with Crippen molar-refractivity contribution >= 4 is 66.0 Å². The monoisotopic (exact) mass is 477 g/mol. The van der Waals surface area contributed by atoms with E-state index in [1.54, 1.807) is 11.3 Å². The lowest BCUT2D eigenvalue weighted by Crippen LogP contribution is -2.41. The molecule has 0 radical (unpaired) electrons. The minimum Gasteiger partial charge on any atom is -0.436 e. The van der Waals surface area contributed by atoms with Crippen LogP contribution in [0.4, 0.5) is 0 Å². The van der Waals surface area contributed by atoms with Gasteiger partial charge in [-0.1, -0.05) is 48.5 Å². The number of fused-ring (bicyclic) bond motifs is 5. The van der Waals surface area contributed by atoms with E-state index in [2.05, 4.69) is 94.4 Å². The number of benzene rings is 4. The van der Waals surface area contributed by atoms with Crippen LogP contribution in [-0.4, -0.2) is 23.3 Å². The molecule has 0 bridgehead atoms. The molecular formula is C29H24BNO3S. The topological polar surface area (TPSA) is 44.5 Å². The zero-order valence-corrected chi connectivity index (χ0v) is 20.9. The molecule has 35 heavy (non-hydrogen) atoms. The van der Waals surface area contributed by atoms with Gasteiger partial charge in [-0.2, -0.15) is 0 Å². The fraction of sp³-hybridized carbons (Fsp3) is 0.207. The van der Waals surface area contributed by atoms with Crippen LogP contribution >= 0.6 is 11.3 Å². The number of oxazole rings is 1. The smallest absolute Gasteiger partial charge is 0.436 e. The van der Waals surface area contributed by atoms with E-state index < -0.39 is 18.3 Å². The molecule has 0 N–H and O–H groups in total. The van der Waals surface area contributed by atoms with Crippen molar-refractivity contribution in [3.05, 3.63) is 72.8 Å². The average Bonchev–Trinajstić information content (AvgIpc) is 3.48. The third-order valence-electron chi connectivity index (χ3n) is 7.55. The van der Waals surface area contributed by atoms with Crippen molar-refractivity contribution in [2.45, 2.75) is 38.9 Å². The molecule has 4 nitrogen and oxygen atoms in total. The summed E-state index contributed by atoms with van der Waals surface area (Å²) in [5.74, 6) is 0.602. The fourth-order valence-electron chi connectivity index (χ4n) is 4.94. The lowest BCUT2D eigenvalue weighted by Gasteiger charge is -2.32. The highest BCUT2D eigenvalue weighted by Gasteiger charge is 2.53. The molecule has 4 aromatic carbocycles. The number of hydrogen-bond acceptors (Lipinski definition) is 5. The lowest BCUT2D eigenvalue weighted by molar-refractivity contribution is 0.00578. The quantitative estimate of drug-likeness (QED) is 0.245. The van der Waals surface area contributed by atoms with Crippen molar-refractivity contribution < 1.29 is 13.7 Å². The number of aromatic nitrogens is 1. The number of nitrogens with zero attached hydrogens (tertiary/aromatic N) is 1. The number of rotatable bonds is 2. The minimum absolute atomic E-state index is 0.455. The van der Waals surface area contributed by atoms with Crippen molar-refractivity contribution in [3.63, 3.8) is 0 Å². The predicted octanol–water partition coefficient (Wildman–Crippen LogP) is 7.32. The summed E-state index contributed by atoms with van der Waals surface area (Å²) < 4.78 is 21.9. The second kappa shape index (κ2) is 7.17. The van der Waals surface area contributed by atoms with Gasteiger partial charge in [0.25, 0.3) is 0 Å². The molecule has 2 aromatic heterocycles. The molecule has 1 saturated heterocycles. The van der Waals surface area contributed by atoms with Gasteiger partial charge in [-0.05, 0) is 56.7 Å². The maximum atomic E-state index is 6.56. The average molecular weight is 477 g/mol. The van der Waals surface area contributed by atoms with Crippen LogP contribution in [0.3, 0.4) is 0 Å². The van der Waals surface area contributed by atoms with E-state index >= 15 is 0 Å². The molecule has 1 fully saturated rings. The van der Waals surface area contributed by atoms with Gasteiger partial charge in [-0.3, -0.25) is 0 Å². The number of thiophene rings is 1. The Bertz CT molecular complexity index is 1770. The molecule has 0 amide bonds. The highest BCUT2D eigenvalue weighted by molar-refractivity contribution is 7.26. The van der Waals surface area contributed by atoms with E-state index in [9.17, 15) is 0 Å². The van der Waals surface area contributed by atoms with Crippen LogP contribution in [0.25, 0.3) is 53.5 Å². The first kappa shape index (κ1) is 21.1. The zero-order chi connectivity index (χ0) is 23.9. The first-order valence-corrected chi connectivity index (χ1v) is 12.7. The molecule has 0 saturated carbocycles. The van der Waals surface area contributed by atoms with E-state index in [0.29, 0.717) is 5.89 Å². The second-order valence-corrected chi connectivity index (χ2v) is 11.4. The van der Waals surface area contributed by atoms with Crippen LogP contribution < -0.4 is 5.46 Å². The minimum atomic E-state index is -0.543. The summed E-state index contributed by atoms with van der Waals surface area (Å²) in [4.78, 5) is 5.04. The molecule has 0 atom stereocenters. The van der Waals surface area contributed by atoms with Gasteiger partial charge < -0.3 is 13.7 Å². The Morgan fingerprint density at radius 3 is 2.29 bits per heavy atom. The standard InChI is InChI=1S/C29H24BNO3S/c1-28(2)29(3,4)34-30(33-28)25-24-20-11-7-8-12-22(20)35-23(24)16-21-26(25)31-27(32-21)19-14-13-17-9-5-6-10-18(17)15-19/h5-16H,1-4H3. The SMILES string of the molecule is CC1(C)OB(c2c3nc(-c4ccc5ccccc5c4)oc3cc3sc4ccccc4c23)OC1(C)C. The van der Waals surface area contributed by atoms with Crippen molar-refractivity contribution in [1.29, 1.82) is 0 Å². The molecule has 172 valence electrons. The Kier molecular flexibility index (Phi) is 4.33. The highest BCUT2D eigenvalue weighted by atomic mass is 32.1. The Balaban J connectivity index is 1.51. The Morgan fingerprint density at radius 2 is 1.49 bits per heavy atom. The van der Waals surface area contributed by atoms with E-state index in [1.165, 1.54) is 15.5 Å². The molecular weight excluding hydrogens is 453 g/mol. The third-order valence-corrected chi connectivity index (χ3v) is 8.67. The van der Waals surface area contributed by atoms with Crippen molar-refractivity contribution in [3.8, 4) is 11.5 Å². The van der Waals surface area contributed by atoms with Crippen molar-refractivity contribution in [2.24, 2.45) is 0 Å². The maximum absolute atomic E-state index is 6.56. The van der Waals surface area contributed by atoms with Gasteiger partial charge in [0.2, 0.25) is 5.89 Å². The molecule has 0 aliphatic carbocycles. The second-order valence-electron chi connectivity index (χ2n) is 10.3. The molecule has 0 spiro atoms. The Morgan fingerprint density at radius 1 is 0.771 bits per heavy atom. The summed E-state index contributed by atoms with van der Waals surface area (Å²) in [7, 11) is -0.543. The van der Waals surface area contributed by atoms with Gasteiger partial charge in [0.05, 0.1) is 11.2 Å². The highest BCUT2D eigenvalue weighted by Crippen LogP contribution is 2.41. The molecule has 6 heteroatoms. The van der Waals surface area contributed by atoms with Crippen LogP contribution in [0, 0.1) is 0 Å². The van der Waals surface area contributed by atoms with Crippen molar-refractivity contribution in [2.75, 3.05) is 0 Å². The zero-order valence-electron chi connectivity index (χ0n) is 20.1. The van der Waals surface area contributed by atoms with Gasteiger partial charge in [0, 0.05) is 37.3 Å². The summed E-state index contributed by atoms with van der Waals surface area (Å²) in [5, 5.41) is 4.67. The first-order chi connectivity index (χ1) is 16.8. The van der Waals surface area contributed by atoms with Gasteiger partial charge in [-0.25, -0.2) is 4.98 Å². The van der Waals surface area contributed by atoms with Gasteiger partial charge in [0.15, 0.2) is 5.58 Å². The lowest BCUT2D eigenvalue weighted by atomic mass is 9.75.